The highest BCUT2D eigenvalue weighted by molar-refractivity contribution is 9.09. The quantitative estimate of drug-likeness (QED) is 0.483. The van der Waals surface area contributed by atoms with Crippen LogP contribution in [0.2, 0.25) is 0 Å². The number of hydrogen-bond donors (Lipinski definition) is 0. The van der Waals surface area contributed by atoms with Crippen molar-refractivity contribution in [1.29, 1.82) is 0 Å². The summed E-state index contributed by atoms with van der Waals surface area (Å²) in [4.78, 5) is 22.7. The van der Waals surface area contributed by atoms with Crippen LogP contribution in [0.25, 0.3) is 0 Å². The molecular formula is C12H9BrO3. The van der Waals surface area contributed by atoms with Crippen molar-refractivity contribution >= 4 is 27.9 Å². The number of alkyl halides is 1. The van der Waals surface area contributed by atoms with Crippen LogP contribution in [0.4, 0.5) is 0 Å². The molecule has 0 N–H and O–H groups in total. The number of carbonyl (C=O) groups is 2. The molecule has 82 valence electrons. The molecular weight excluding hydrogens is 272 g/mol. The Morgan fingerprint density at radius 2 is 1.62 bits per heavy atom. The molecule has 0 aliphatic carbocycles. The lowest BCUT2D eigenvalue weighted by molar-refractivity contribution is -0.151. The number of ether oxygens (including phenoxy) is 1. The van der Waals surface area contributed by atoms with E-state index in [9.17, 15) is 9.59 Å². The molecule has 1 aromatic carbocycles. The van der Waals surface area contributed by atoms with Gasteiger partial charge < -0.3 is 4.74 Å². The predicted molar refractivity (Wildman–Crippen MR) is 62.1 cm³/mol. The van der Waals surface area contributed by atoms with E-state index < -0.39 is 11.9 Å². The van der Waals surface area contributed by atoms with Gasteiger partial charge in [0.05, 0.1) is 11.1 Å². The highest BCUT2D eigenvalue weighted by atomic mass is 79.9. The molecule has 0 unspecified atom stereocenters. The zero-order valence-electron chi connectivity index (χ0n) is 8.40. The Bertz CT molecular complexity index is 462. The highest BCUT2D eigenvalue weighted by Gasteiger charge is 2.31. The van der Waals surface area contributed by atoms with Crippen molar-refractivity contribution in [2.75, 3.05) is 5.33 Å². The van der Waals surface area contributed by atoms with E-state index in [1.165, 1.54) is 0 Å². The summed E-state index contributed by atoms with van der Waals surface area (Å²) in [6, 6.07) is 9.52. The third-order valence-electron chi connectivity index (χ3n) is 2.40. The summed E-state index contributed by atoms with van der Waals surface area (Å²) in [5.74, 6) is -1.06. The third-order valence-corrected chi connectivity index (χ3v) is 2.96. The number of esters is 2. The number of cyclic esters (lactones) is 2. The lowest BCUT2D eigenvalue weighted by Gasteiger charge is -2.00. The van der Waals surface area contributed by atoms with E-state index in [0.717, 1.165) is 5.56 Å². The summed E-state index contributed by atoms with van der Waals surface area (Å²) in [5, 5.41) is 0.347. The van der Waals surface area contributed by atoms with E-state index in [-0.39, 0.29) is 0 Å². The van der Waals surface area contributed by atoms with Crippen LogP contribution in [0, 0.1) is 0 Å². The Balaban J connectivity index is 2.29. The fraction of sp³-hybridized carbons (Fsp3) is 0.167. The van der Waals surface area contributed by atoms with Crippen molar-refractivity contribution in [2.45, 2.75) is 6.42 Å². The largest absolute Gasteiger partial charge is 0.386 e. The SMILES string of the molecule is O=C1OC(=O)C(Cc2ccccc2)=C1CBr. The van der Waals surface area contributed by atoms with E-state index in [1.807, 2.05) is 30.3 Å². The molecule has 0 saturated heterocycles. The molecule has 0 bridgehead atoms. The first kappa shape index (κ1) is 11.1. The Morgan fingerprint density at radius 3 is 2.25 bits per heavy atom. The zero-order chi connectivity index (χ0) is 11.5. The molecule has 0 amide bonds. The first-order valence-electron chi connectivity index (χ1n) is 4.81. The Labute approximate surface area is 101 Å². The van der Waals surface area contributed by atoms with Gasteiger partial charge in [-0.2, -0.15) is 0 Å². The number of benzene rings is 1. The second kappa shape index (κ2) is 4.61. The topological polar surface area (TPSA) is 43.4 Å². The normalized spacial score (nSPS) is 15.6. The van der Waals surface area contributed by atoms with Crippen molar-refractivity contribution in [3.05, 3.63) is 47.0 Å². The van der Waals surface area contributed by atoms with Crippen molar-refractivity contribution < 1.29 is 14.3 Å². The van der Waals surface area contributed by atoms with Gasteiger partial charge in [-0.3, -0.25) is 0 Å². The van der Waals surface area contributed by atoms with Gasteiger partial charge in [0.1, 0.15) is 0 Å². The minimum atomic E-state index is -0.534. The van der Waals surface area contributed by atoms with Gasteiger partial charge in [0.2, 0.25) is 0 Å². The highest BCUT2D eigenvalue weighted by Crippen LogP contribution is 2.22. The molecule has 1 aromatic rings. The number of halogens is 1. The maximum absolute atomic E-state index is 11.4. The van der Waals surface area contributed by atoms with E-state index in [2.05, 4.69) is 20.7 Å². The number of hydrogen-bond acceptors (Lipinski definition) is 3. The van der Waals surface area contributed by atoms with Gasteiger partial charge in [0, 0.05) is 11.8 Å². The maximum atomic E-state index is 11.4. The Kier molecular flexibility index (Phi) is 3.19. The average molecular weight is 281 g/mol. The monoisotopic (exact) mass is 280 g/mol. The van der Waals surface area contributed by atoms with Crippen molar-refractivity contribution in [3.8, 4) is 0 Å². The Hall–Kier alpha value is -1.42. The van der Waals surface area contributed by atoms with Crippen LogP contribution in [0.3, 0.4) is 0 Å². The van der Waals surface area contributed by atoms with Crippen LogP contribution in [-0.4, -0.2) is 17.3 Å². The minimum absolute atomic E-state index is 0.347. The summed E-state index contributed by atoms with van der Waals surface area (Å²) >= 11 is 3.19. The molecule has 0 aromatic heterocycles. The van der Waals surface area contributed by atoms with Crippen LogP contribution in [-0.2, 0) is 20.7 Å². The van der Waals surface area contributed by atoms with Crippen LogP contribution in [0.15, 0.2) is 41.5 Å². The molecule has 3 nitrogen and oxygen atoms in total. The fourth-order valence-electron chi connectivity index (χ4n) is 1.57. The first-order chi connectivity index (χ1) is 7.72. The van der Waals surface area contributed by atoms with E-state index in [1.54, 1.807) is 0 Å². The van der Waals surface area contributed by atoms with Crippen molar-refractivity contribution in [2.24, 2.45) is 0 Å². The molecule has 0 saturated carbocycles. The molecule has 0 radical (unpaired) electrons. The van der Waals surface area contributed by atoms with E-state index >= 15 is 0 Å². The molecule has 0 spiro atoms. The molecule has 0 atom stereocenters. The lowest BCUT2D eigenvalue weighted by Crippen LogP contribution is -2.03. The van der Waals surface area contributed by atoms with Crippen LogP contribution >= 0.6 is 15.9 Å². The molecule has 4 heteroatoms. The van der Waals surface area contributed by atoms with Gasteiger partial charge in [0.25, 0.3) is 0 Å². The second-order valence-electron chi connectivity index (χ2n) is 3.43. The Morgan fingerprint density at radius 1 is 1.00 bits per heavy atom. The maximum Gasteiger partial charge on any atom is 0.343 e. The molecule has 1 aliphatic heterocycles. The number of carbonyl (C=O) groups excluding carboxylic acids is 2. The van der Waals surface area contributed by atoms with Gasteiger partial charge in [0.15, 0.2) is 0 Å². The van der Waals surface area contributed by atoms with Gasteiger partial charge in [-0.1, -0.05) is 46.3 Å². The molecule has 0 fully saturated rings. The van der Waals surface area contributed by atoms with Crippen LogP contribution < -0.4 is 0 Å². The summed E-state index contributed by atoms with van der Waals surface area (Å²) in [6.45, 7) is 0. The van der Waals surface area contributed by atoms with E-state index in [4.69, 9.17) is 0 Å². The molecule has 1 heterocycles. The molecule has 1 aliphatic rings. The van der Waals surface area contributed by atoms with Gasteiger partial charge in [-0.25, -0.2) is 9.59 Å². The van der Waals surface area contributed by atoms with Crippen LogP contribution in [0.1, 0.15) is 5.56 Å². The standard InChI is InChI=1S/C12H9BrO3/c13-7-10-9(11(14)16-12(10)15)6-8-4-2-1-3-5-8/h1-5H,6-7H2. The summed E-state index contributed by atoms with van der Waals surface area (Å²) in [7, 11) is 0. The van der Waals surface area contributed by atoms with Gasteiger partial charge >= 0.3 is 11.9 Å². The van der Waals surface area contributed by atoms with Crippen molar-refractivity contribution in [1.82, 2.24) is 0 Å². The summed E-state index contributed by atoms with van der Waals surface area (Å²) < 4.78 is 4.57. The molecule has 16 heavy (non-hydrogen) atoms. The van der Waals surface area contributed by atoms with E-state index in [0.29, 0.717) is 22.9 Å². The molecule has 2 rings (SSSR count). The fourth-order valence-corrected chi connectivity index (χ4v) is 2.14. The van der Waals surface area contributed by atoms with Crippen LogP contribution in [0.5, 0.6) is 0 Å². The minimum Gasteiger partial charge on any atom is -0.386 e. The third kappa shape index (κ3) is 2.07. The van der Waals surface area contributed by atoms with Crippen molar-refractivity contribution in [3.63, 3.8) is 0 Å². The van der Waals surface area contributed by atoms with Gasteiger partial charge in [-0.15, -0.1) is 0 Å². The average Bonchev–Trinajstić information content (AvgIpc) is 2.55. The zero-order valence-corrected chi connectivity index (χ0v) is 9.99. The summed E-state index contributed by atoms with van der Waals surface area (Å²) in [6.07, 6.45) is 0.437. The smallest absolute Gasteiger partial charge is 0.343 e. The first-order valence-corrected chi connectivity index (χ1v) is 5.93. The summed E-state index contributed by atoms with van der Waals surface area (Å²) in [5.41, 5.74) is 1.87. The van der Waals surface area contributed by atoms with Gasteiger partial charge in [-0.05, 0) is 5.56 Å². The predicted octanol–water partition coefficient (Wildman–Crippen LogP) is 2.00. The second-order valence-corrected chi connectivity index (χ2v) is 3.99. The number of rotatable bonds is 3. The lowest BCUT2D eigenvalue weighted by atomic mass is 10.0.